The second-order valence-electron chi connectivity index (χ2n) is 3.09. The minimum atomic E-state index is -0.450. The first kappa shape index (κ1) is 10.2. The van der Waals surface area contributed by atoms with Gasteiger partial charge in [0.15, 0.2) is 5.03 Å². The number of nitrogens with zero attached hydrogens (tertiary/aromatic N) is 2. The Balaban J connectivity index is 2.24. The number of nitro groups is 1. The molecule has 2 rings (SSSR count). The van der Waals surface area contributed by atoms with Gasteiger partial charge in [-0.25, -0.2) is 4.98 Å². The SMILES string of the molecule is Nc1ccc([N+](=O)[O-])c(SC2COC2)n1. The molecule has 15 heavy (non-hydrogen) atoms. The minimum Gasteiger partial charge on any atom is -0.384 e. The molecule has 2 N–H and O–H groups in total. The third-order valence-corrected chi connectivity index (χ3v) is 3.07. The molecule has 0 aromatic carbocycles. The van der Waals surface area contributed by atoms with E-state index in [2.05, 4.69) is 4.98 Å². The predicted octanol–water partition coefficient (Wildman–Crippen LogP) is 1.06. The van der Waals surface area contributed by atoms with Crippen LogP contribution >= 0.6 is 11.8 Å². The molecule has 1 saturated heterocycles. The van der Waals surface area contributed by atoms with Crippen LogP contribution in [0.25, 0.3) is 0 Å². The summed E-state index contributed by atoms with van der Waals surface area (Å²) in [6.07, 6.45) is 0. The van der Waals surface area contributed by atoms with Crippen LogP contribution in [-0.2, 0) is 4.74 Å². The Kier molecular flexibility index (Phi) is 2.74. The van der Waals surface area contributed by atoms with Crippen molar-refractivity contribution >= 4 is 23.3 Å². The van der Waals surface area contributed by atoms with Crippen molar-refractivity contribution in [1.82, 2.24) is 4.98 Å². The number of anilines is 1. The van der Waals surface area contributed by atoms with Crippen LogP contribution in [-0.4, -0.2) is 28.4 Å². The third kappa shape index (κ3) is 2.18. The topological polar surface area (TPSA) is 91.3 Å². The maximum Gasteiger partial charge on any atom is 0.301 e. The second-order valence-corrected chi connectivity index (χ2v) is 4.38. The molecule has 0 aliphatic carbocycles. The van der Waals surface area contributed by atoms with Gasteiger partial charge in [0.1, 0.15) is 5.82 Å². The van der Waals surface area contributed by atoms with Gasteiger partial charge in [-0.3, -0.25) is 10.1 Å². The first-order chi connectivity index (χ1) is 7.16. The normalized spacial score (nSPS) is 16.0. The number of hydrogen-bond donors (Lipinski definition) is 1. The molecule has 0 radical (unpaired) electrons. The maximum atomic E-state index is 10.7. The summed E-state index contributed by atoms with van der Waals surface area (Å²) >= 11 is 1.34. The lowest BCUT2D eigenvalue weighted by molar-refractivity contribution is -0.388. The zero-order valence-corrected chi connectivity index (χ0v) is 8.57. The van der Waals surface area contributed by atoms with Crippen LogP contribution in [0.5, 0.6) is 0 Å². The zero-order valence-electron chi connectivity index (χ0n) is 7.75. The van der Waals surface area contributed by atoms with Gasteiger partial charge in [0, 0.05) is 6.07 Å². The zero-order chi connectivity index (χ0) is 10.8. The summed E-state index contributed by atoms with van der Waals surface area (Å²) in [6, 6.07) is 2.81. The van der Waals surface area contributed by atoms with Gasteiger partial charge in [-0.1, -0.05) is 11.8 Å². The fraction of sp³-hybridized carbons (Fsp3) is 0.375. The lowest BCUT2D eigenvalue weighted by Gasteiger charge is -2.24. The first-order valence-electron chi connectivity index (χ1n) is 4.32. The molecule has 7 heteroatoms. The van der Waals surface area contributed by atoms with Crippen molar-refractivity contribution in [2.45, 2.75) is 10.3 Å². The van der Waals surface area contributed by atoms with Crippen molar-refractivity contribution in [2.75, 3.05) is 18.9 Å². The Morgan fingerprint density at radius 2 is 2.33 bits per heavy atom. The van der Waals surface area contributed by atoms with Crippen LogP contribution < -0.4 is 5.73 Å². The van der Waals surface area contributed by atoms with E-state index < -0.39 is 4.92 Å². The van der Waals surface area contributed by atoms with E-state index in [0.717, 1.165) is 0 Å². The Bertz CT molecular complexity index is 395. The lowest BCUT2D eigenvalue weighted by atomic mass is 10.4. The Morgan fingerprint density at radius 3 is 2.87 bits per heavy atom. The van der Waals surface area contributed by atoms with E-state index in [1.165, 1.54) is 23.9 Å². The Hall–Kier alpha value is -1.34. The van der Waals surface area contributed by atoms with E-state index in [1.54, 1.807) is 0 Å². The maximum absolute atomic E-state index is 10.7. The number of pyridine rings is 1. The molecule has 0 saturated carbocycles. The number of hydrogen-bond acceptors (Lipinski definition) is 6. The van der Waals surface area contributed by atoms with E-state index in [9.17, 15) is 10.1 Å². The average molecular weight is 227 g/mol. The monoisotopic (exact) mass is 227 g/mol. The average Bonchev–Trinajstić information content (AvgIpc) is 2.11. The van der Waals surface area contributed by atoms with Crippen molar-refractivity contribution in [3.63, 3.8) is 0 Å². The van der Waals surface area contributed by atoms with E-state index in [4.69, 9.17) is 10.5 Å². The van der Waals surface area contributed by atoms with Gasteiger partial charge in [-0.05, 0) is 6.07 Å². The third-order valence-electron chi connectivity index (χ3n) is 1.94. The number of rotatable bonds is 3. The Labute approximate surface area is 90.0 Å². The molecule has 1 aliphatic heterocycles. The van der Waals surface area contributed by atoms with Crippen LogP contribution in [0.2, 0.25) is 0 Å². The molecule has 0 spiro atoms. The summed E-state index contributed by atoms with van der Waals surface area (Å²) in [5, 5.41) is 11.3. The summed E-state index contributed by atoms with van der Waals surface area (Å²) in [7, 11) is 0. The molecule has 0 amide bonds. The van der Waals surface area contributed by atoms with Gasteiger partial charge in [-0.2, -0.15) is 0 Å². The van der Waals surface area contributed by atoms with Crippen LogP contribution in [0.15, 0.2) is 17.2 Å². The van der Waals surface area contributed by atoms with Crippen LogP contribution in [0.1, 0.15) is 0 Å². The van der Waals surface area contributed by atoms with Gasteiger partial charge in [0.25, 0.3) is 0 Å². The van der Waals surface area contributed by atoms with E-state index >= 15 is 0 Å². The van der Waals surface area contributed by atoms with Crippen molar-refractivity contribution in [1.29, 1.82) is 0 Å². The van der Waals surface area contributed by atoms with Crippen LogP contribution in [0.4, 0.5) is 11.5 Å². The number of aromatic nitrogens is 1. The summed E-state index contributed by atoms with van der Waals surface area (Å²) < 4.78 is 4.99. The highest BCUT2D eigenvalue weighted by atomic mass is 32.2. The molecular weight excluding hydrogens is 218 g/mol. The molecule has 0 bridgehead atoms. The number of ether oxygens (including phenoxy) is 1. The van der Waals surface area contributed by atoms with E-state index in [-0.39, 0.29) is 10.9 Å². The number of nitrogens with two attached hydrogens (primary N) is 1. The largest absolute Gasteiger partial charge is 0.384 e. The highest BCUT2D eigenvalue weighted by molar-refractivity contribution is 8.00. The van der Waals surface area contributed by atoms with Gasteiger partial charge in [0.05, 0.1) is 23.4 Å². The van der Waals surface area contributed by atoms with Crippen LogP contribution in [0.3, 0.4) is 0 Å². The van der Waals surface area contributed by atoms with Gasteiger partial charge >= 0.3 is 5.69 Å². The molecule has 1 aromatic rings. The molecule has 6 nitrogen and oxygen atoms in total. The van der Waals surface area contributed by atoms with Crippen molar-refractivity contribution in [2.24, 2.45) is 0 Å². The minimum absolute atomic E-state index is 0.00102. The molecule has 0 unspecified atom stereocenters. The predicted molar refractivity (Wildman–Crippen MR) is 55.8 cm³/mol. The number of nitrogen functional groups attached to an aromatic ring is 1. The molecule has 0 atom stereocenters. The van der Waals surface area contributed by atoms with Gasteiger partial charge in [0.2, 0.25) is 0 Å². The number of thioether (sulfide) groups is 1. The highest BCUT2D eigenvalue weighted by Crippen LogP contribution is 2.33. The molecule has 1 aromatic heterocycles. The molecule has 1 aliphatic rings. The van der Waals surface area contributed by atoms with Gasteiger partial charge in [-0.15, -0.1) is 0 Å². The fourth-order valence-electron chi connectivity index (χ4n) is 1.11. The molecule has 1 fully saturated rings. The molecular formula is C8H9N3O3S. The lowest BCUT2D eigenvalue weighted by Crippen LogP contribution is -2.30. The van der Waals surface area contributed by atoms with Crippen molar-refractivity contribution in [3.8, 4) is 0 Å². The fourth-order valence-corrected chi connectivity index (χ4v) is 2.18. The summed E-state index contributed by atoms with van der Waals surface area (Å²) in [4.78, 5) is 14.2. The van der Waals surface area contributed by atoms with Gasteiger partial charge < -0.3 is 10.5 Å². The Morgan fingerprint density at radius 1 is 1.60 bits per heavy atom. The highest BCUT2D eigenvalue weighted by Gasteiger charge is 2.25. The molecule has 80 valence electrons. The van der Waals surface area contributed by atoms with E-state index in [1.807, 2.05) is 0 Å². The standard InChI is InChI=1S/C8H9N3O3S/c9-7-2-1-6(11(12)13)8(10-7)15-5-3-14-4-5/h1-2,5H,3-4H2,(H2,9,10). The van der Waals surface area contributed by atoms with E-state index in [0.29, 0.717) is 24.1 Å². The second kappa shape index (κ2) is 4.03. The van der Waals surface area contributed by atoms with Crippen molar-refractivity contribution in [3.05, 3.63) is 22.2 Å². The summed E-state index contributed by atoms with van der Waals surface area (Å²) in [5.41, 5.74) is 5.49. The summed E-state index contributed by atoms with van der Waals surface area (Å²) in [5.74, 6) is 0.295. The summed E-state index contributed by atoms with van der Waals surface area (Å²) in [6.45, 7) is 1.22. The smallest absolute Gasteiger partial charge is 0.301 e. The first-order valence-corrected chi connectivity index (χ1v) is 5.20. The quantitative estimate of drug-likeness (QED) is 0.613. The molecule has 2 heterocycles. The van der Waals surface area contributed by atoms with Crippen LogP contribution in [0, 0.1) is 10.1 Å². The van der Waals surface area contributed by atoms with Crippen molar-refractivity contribution < 1.29 is 9.66 Å².